The monoisotopic (exact) mass is 472 g/mol. The predicted molar refractivity (Wildman–Crippen MR) is 136 cm³/mol. The van der Waals surface area contributed by atoms with Crippen molar-refractivity contribution in [3.05, 3.63) is 69.5 Å². The van der Waals surface area contributed by atoms with Crippen molar-refractivity contribution < 1.29 is 9.18 Å². The average Bonchev–Trinajstić information content (AvgIpc) is 3.16. The Kier molecular flexibility index (Phi) is 12.8. The molecule has 1 saturated heterocycles. The number of likely N-dealkylation sites (tertiary alicyclic amines) is 1. The number of aryl methyl sites for hydroxylation is 3. The van der Waals surface area contributed by atoms with Crippen molar-refractivity contribution in [2.45, 2.75) is 67.2 Å². The lowest BCUT2D eigenvalue weighted by molar-refractivity contribution is -0.127. The number of amides is 1. The minimum atomic E-state index is -0.137. The molecule has 3 nitrogen and oxygen atoms in total. The predicted octanol–water partition coefficient (Wildman–Crippen LogP) is 7.51. The molecule has 2 aromatic rings. The highest BCUT2D eigenvalue weighted by atomic mass is 35.5. The SMILES string of the molecule is CCCN1CC(C(C)CC)CC1=O.CCc1cc(F)ccc1C.Cc1ccc(C#N)c(Cl)c1. The van der Waals surface area contributed by atoms with Crippen LogP contribution in [-0.2, 0) is 11.2 Å². The fourth-order valence-corrected chi connectivity index (χ4v) is 4.01. The molecule has 2 aromatic carbocycles. The Morgan fingerprint density at radius 1 is 1.18 bits per heavy atom. The van der Waals surface area contributed by atoms with Crippen LogP contribution in [0.25, 0.3) is 0 Å². The number of hydrogen-bond donors (Lipinski definition) is 0. The zero-order valence-electron chi connectivity index (χ0n) is 20.9. The quantitative estimate of drug-likeness (QED) is 0.452. The summed E-state index contributed by atoms with van der Waals surface area (Å²) < 4.78 is 12.5. The van der Waals surface area contributed by atoms with Crippen LogP contribution in [0.5, 0.6) is 0 Å². The van der Waals surface area contributed by atoms with Gasteiger partial charge in [-0.15, -0.1) is 0 Å². The summed E-state index contributed by atoms with van der Waals surface area (Å²) in [5.74, 6) is 1.55. The summed E-state index contributed by atoms with van der Waals surface area (Å²) in [7, 11) is 0. The molecule has 0 aromatic heterocycles. The summed E-state index contributed by atoms with van der Waals surface area (Å²) in [6, 6.07) is 12.3. The first-order chi connectivity index (χ1) is 15.7. The normalized spacial score (nSPS) is 15.7. The van der Waals surface area contributed by atoms with Gasteiger partial charge in [0.15, 0.2) is 0 Å². The Morgan fingerprint density at radius 2 is 1.88 bits per heavy atom. The molecule has 2 atom stereocenters. The van der Waals surface area contributed by atoms with Crippen LogP contribution < -0.4 is 0 Å². The van der Waals surface area contributed by atoms with Gasteiger partial charge in [0.25, 0.3) is 0 Å². The number of nitriles is 1. The van der Waals surface area contributed by atoms with E-state index in [-0.39, 0.29) is 5.82 Å². The molecule has 5 heteroatoms. The number of halogens is 2. The molecule has 33 heavy (non-hydrogen) atoms. The van der Waals surface area contributed by atoms with Gasteiger partial charge in [-0.3, -0.25) is 4.79 Å². The second-order valence-electron chi connectivity index (χ2n) is 8.71. The topological polar surface area (TPSA) is 44.1 Å². The standard InChI is InChI=1S/C11H21NO.C9H11F.C8H6ClN/c1-4-6-12-8-10(7-11(12)13)9(3)5-2;1-3-8-6-9(10)5-4-7(8)2;1-6-2-3-7(5-10)8(9)4-6/h9-10H,4-8H2,1-3H3;4-6H,3H2,1-2H3;2-4H,1H3. The summed E-state index contributed by atoms with van der Waals surface area (Å²) in [5, 5.41) is 9.00. The second-order valence-corrected chi connectivity index (χ2v) is 9.12. The molecule has 1 heterocycles. The van der Waals surface area contributed by atoms with Crippen molar-refractivity contribution in [2.75, 3.05) is 13.1 Å². The highest BCUT2D eigenvalue weighted by Crippen LogP contribution is 2.26. The van der Waals surface area contributed by atoms with E-state index in [0.29, 0.717) is 28.3 Å². The van der Waals surface area contributed by atoms with Crippen LogP contribution in [0.1, 0.15) is 69.2 Å². The maximum atomic E-state index is 12.5. The molecule has 1 aliphatic heterocycles. The lowest BCUT2D eigenvalue weighted by Gasteiger charge is -2.18. The first kappa shape index (κ1) is 28.7. The van der Waals surface area contributed by atoms with Gasteiger partial charge >= 0.3 is 0 Å². The van der Waals surface area contributed by atoms with E-state index >= 15 is 0 Å². The van der Waals surface area contributed by atoms with E-state index in [1.54, 1.807) is 18.2 Å². The fraction of sp³-hybridized carbons (Fsp3) is 0.500. The minimum absolute atomic E-state index is 0.137. The summed E-state index contributed by atoms with van der Waals surface area (Å²) in [5.41, 5.74) is 3.88. The van der Waals surface area contributed by atoms with Crippen LogP contribution in [0.4, 0.5) is 4.39 Å². The van der Waals surface area contributed by atoms with Crippen LogP contribution in [0.3, 0.4) is 0 Å². The van der Waals surface area contributed by atoms with Crippen LogP contribution in [0, 0.1) is 42.8 Å². The molecular formula is C28H38ClFN2O. The van der Waals surface area contributed by atoms with Crippen molar-refractivity contribution in [2.24, 2.45) is 11.8 Å². The molecule has 0 radical (unpaired) electrons. The lowest BCUT2D eigenvalue weighted by atomic mass is 9.91. The smallest absolute Gasteiger partial charge is 0.222 e. The van der Waals surface area contributed by atoms with Crippen LogP contribution in [0.2, 0.25) is 5.02 Å². The number of nitrogens with zero attached hydrogens (tertiary/aromatic N) is 2. The maximum Gasteiger partial charge on any atom is 0.222 e. The third-order valence-electron chi connectivity index (χ3n) is 6.12. The van der Waals surface area contributed by atoms with Gasteiger partial charge in [-0.1, -0.05) is 57.8 Å². The molecule has 2 unspecified atom stereocenters. The van der Waals surface area contributed by atoms with Gasteiger partial charge in [0.2, 0.25) is 5.91 Å². The molecule has 1 amide bonds. The number of benzene rings is 2. The third kappa shape index (κ3) is 9.56. The van der Waals surface area contributed by atoms with Crippen molar-refractivity contribution >= 4 is 17.5 Å². The van der Waals surface area contributed by atoms with Gasteiger partial charge in [0, 0.05) is 19.5 Å². The molecule has 1 aliphatic rings. The van der Waals surface area contributed by atoms with Gasteiger partial charge in [-0.25, -0.2) is 4.39 Å². The van der Waals surface area contributed by atoms with Gasteiger partial charge in [0.05, 0.1) is 10.6 Å². The lowest BCUT2D eigenvalue weighted by Crippen LogP contribution is -2.26. The summed E-state index contributed by atoms with van der Waals surface area (Å²) in [4.78, 5) is 13.5. The first-order valence-corrected chi connectivity index (χ1v) is 12.2. The van der Waals surface area contributed by atoms with Crippen molar-refractivity contribution in [3.8, 4) is 6.07 Å². The van der Waals surface area contributed by atoms with E-state index in [9.17, 15) is 9.18 Å². The summed E-state index contributed by atoms with van der Waals surface area (Å²) >= 11 is 5.71. The van der Waals surface area contributed by atoms with Gasteiger partial charge in [-0.05, 0) is 79.5 Å². The number of rotatable bonds is 5. The summed E-state index contributed by atoms with van der Waals surface area (Å²) in [6.07, 6.45) is 3.97. The van der Waals surface area contributed by atoms with Crippen molar-refractivity contribution in [3.63, 3.8) is 0 Å². The first-order valence-electron chi connectivity index (χ1n) is 11.9. The average molecular weight is 473 g/mol. The van der Waals surface area contributed by atoms with Crippen molar-refractivity contribution in [1.82, 2.24) is 4.90 Å². The van der Waals surface area contributed by atoms with Crippen molar-refractivity contribution in [1.29, 1.82) is 5.26 Å². The van der Waals surface area contributed by atoms with E-state index in [1.165, 1.54) is 18.1 Å². The Hall–Kier alpha value is -2.38. The van der Waals surface area contributed by atoms with E-state index < -0.39 is 0 Å². The highest BCUT2D eigenvalue weighted by Gasteiger charge is 2.31. The van der Waals surface area contributed by atoms with E-state index in [2.05, 4.69) is 20.8 Å². The van der Waals surface area contributed by atoms with Crippen LogP contribution in [0.15, 0.2) is 36.4 Å². The maximum absolute atomic E-state index is 12.5. The molecule has 0 saturated carbocycles. The summed E-state index contributed by atoms with van der Waals surface area (Å²) in [6.45, 7) is 14.5. The molecule has 180 valence electrons. The van der Waals surface area contributed by atoms with Gasteiger partial charge in [0.1, 0.15) is 11.9 Å². The van der Waals surface area contributed by atoms with Gasteiger partial charge < -0.3 is 4.90 Å². The highest BCUT2D eigenvalue weighted by molar-refractivity contribution is 6.31. The molecular weight excluding hydrogens is 435 g/mol. The van der Waals surface area contributed by atoms with Gasteiger partial charge in [-0.2, -0.15) is 5.26 Å². The molecule has 0 spiro atoms. The number of hydrogen-bond acceptors (Lipinski definition) is 2. The van der Waals surface area contributed by atoms with Crippen LogP contribution in [-0.4, -0.2) is 23.9 Å². The molecule has 1 fully saturated rings. The Labute approximate surface area is 204 Å². The Balaban J connectivity index is 0.000000251. The van der Waals surface area contributed by atoms with E-state index in [1.807, 2.05) is 43.9 Å². The molecule has 0 bridgehead atoms. The third-order valence-corrected chi connectivity index (χ3v) is 6.44. The largest absolute Gasteiger partial charge is 0.342 e. The molecule has 3 rings (SSSR count). The fourth-order valence-electron chi connectivity index (χ4n) is 3.73. The van der Waals surface area contributed by atoms with E-state index in [0.717, 1.165) is 43.5 Å². The zero-order chi connectivity index (χ0) is 25.0. The van der Waals surface area contributed by atoms with Crippen LogP contribution >= 0.6 is 11.6 Å². The second kappa shape index (κ2) is 14.7. The zero-order valence-corrected chi connectivity index (χ0v) is 21.7. The Morgan fingerprint density at radius 3 is 2.39 bits per heavy atom. The number of carbonyl (C=O) groups is 1. The minimum Gasteiger partial charge on any atom is -0.342 e. The number of carbonyl (C=O) groups excluding carboxylic acids is 1. The van der Waals surface area contributed by atoms with E-state index in [4.69, 9.17) is 16.9 Å². The molecule has 0 N–H and O–H groups in total. The Bertz CT molecular complexity index is 929. The molecule has 0 aliphatic carbocycles.